The lowest BCUT2D eigenvalue weighted by Crippen LogP contribution is -2.33. The van der Waals surface area contributed by atoms with Gasteiger partial charge in [-0.2, -0.15) is 12.6 Å². The van der Waals surface area contributed by atoms with Gasteiger partial charge in [0.15, 0.2) is 0 Å². The number of hydrogen-bond acceptors (Lipinski definition) is 4. The Morgan fingerprint density at radius 2 is 1.80 bits per heavy atom. The highest BCUT2D eigenvalue weighted by Crippen LogP contribution is 2.03. The van der Waals surface area contributed by atoms with Crippen molar-refractivity contribution in [3.05, 3.63) is 0 Å². The molecule has 0 amide bonds. The first-order valence-electron chi connectivity index (χ1n) is 5.55. The molecule has 0 rings (SSSR count). The summed E-state index contributed by atoms with van der Waals surface area (Å²) in [6.45, 7) is 7.03. The minimum absolute atomic E-state index is 0.632. The Labute approximate surface area is 99.5 Å². The zero-order valence-corrected chi connectivity index (χ0v) is 11.1. The minimum Gasteiger partial charge on any atom is -0.385 e. The molecule has 0 heterocycles. The third kappa shape index (κ3) is 9.18. The molecule has 0 radical (unpaired) electrons. The molecule has 0 aromatic carbocycles. The Hall–Kier alpha value is 0.230. The number of hydrogen-bond donors (Lipinski definition) is 1. The molecule has 92 valence electrons. The number of ether oxygens (including phenoxy) is 2. The molecular formula is C11H25NO2S. The fourth-order valence-electron chi connectivity index (χ4n) is 1.45. The third-order valence-electron chi connectivity index (χ3n) is 2.32. The molecule has 0 aliphatic carbocycles. The maximum absolute atomic E-state index is 5.10. The predicted octanol–water partition coefficient (Wildman–Crippen LogP) is 1.54. The summed E-state index contributed by atoms with van der Waals surface area (Å²) in [6, 6.07) is 0. The Morgan fingerprint density at radius 3 is 2.33 bits per heavy atom. The zero-order valence-electron chi connectivity index (χ0n) is 10.2. The maximum Gasteiger partial charge on any atom is 0.0589 e. The molecule has 0 saturated heterocycles. The molecule has 0 aromatic heterocycles. The Balaban J connectivity index is 3.72. The first kappa shape index (κ1) is 15.2. The van der Waals surface area contributed by atoms with Crippen molar-refractivity contribution in [3.63, 3.8) is 0 Å². The summed E-state index contributed by atoms with van der Waals surface area (Å²) in [4.78, 5) is 2.42. The maximum atomic E-state index is 5.10. The van der Waals surface area contributed by atoms with E-state index in [4.69, 9.17) is 9.47 Å². The molecule has 0 saturated carbocycles. The molecule has 0 N–H and O–H groups in total. The van der Waals surface area contributed by atoms with Gasteiger partial charge in [-0.1, -0.05) is 6.92 Å². The van der Waals surface area contributed by atoms with Crippen LogP contribution in [0.1, 0.15) is 13.3 Å². The molecule has 3 nitrogen and oxygen atoms in total. The van der Waals surface area contributed by atoms with E-state index < -0.39 is 0 Å². The van der Waals surface area contributed by atoms with Gasteiger partial charge in [0.05, 0.1) is 6.61 Å². The molecule has 0 bridgehead atoms. The molecule has 4 heteroatoms. The van der Waals surface area contributed by atoms with Crippen molar-refractivity contribution >= 4 is 12.6 Å². The summed E-state index contributed by atoms with van der Waals surface area (Å²) in [5.41, 5.74) is 0. The van der Waals surface area contributed by atoms with Crippen molar-refractivity contribution in [1.82, 2.24) is 4.90 Å². The van der Waals surface area contributed by atoms with Gasteiger partial charge in [-0.3, -0.25) is 0 Å². The van der Waals surface area contributed by atoms with Crippen molar-refractivity contribution in [1.29, 1.82) is 0 Å². The molecule has 0 spiro atoms. The van der Waals surface area contributed by atoms with Crippen molar-refractivity contribution in [3.8, 4) is 0 Å². The van der Waals surface area contributed by atoms with Crippen LogP contribution in [0.5, 0.6) is 0 Å². The average molecular weight is 235 g/mol. The molecule has 0 fully saturated rings. The van der Waals surface area contributed by atoms with Gasteiger partial charge >= 0.3 is 0 Å². The van der Waals surface area contributed by atoms with Gasteiger partial charge in [0, 0.05) is 40.5 Å². The molecular weight excluding hydrogens is 210 g/mol. The number of methoxy groups -OCH3 is 2. The Kier molecular flexibility index (Phi) is 10.9. The molecule has 0 aliphatic rings. The van der Waals surface area contributed by atoms with Crippen molar-refractivity contribution in [2.24, 2.45) is 5.92 Å². The van der Waals surface area contributed by atoms with E-state index in [0.717, 1.165) is 45.0 Å². The molecule has 1 unspecified atom stereocenters. The fourth-order valence-corrected chi connectivity index (χ4v) is 1.56. The molecule has 15 heavy (non-hydrogen) atoms. The van der Waals surface area contributed by atoms with Gasteiger partial charge in [-0.05, 0) is 18.1 Å². The van der Waals surface area contributed by atoms with E-state index in [-0.39, 0.29) is 0 Å². The summed E-state index contributed by atoms with van der Waals surface area (Å²) >= 11 is 4.31. The monoisotopic (exact) mass is 235 g/mol. The summed E-state index contributed by atoms with van der Waals surface area (Å²) in [6.07, 6.45) is 1.08. The Bertz CT molecular complexity index is 136. The van der Waals surface area contributed by atoms with E-state index in [1.165, 1.54) is 0 Å². The highest BCUT2D eigenvalue weighted by Gasteiger charge is 2.08. The second-order valence-electron chi connectivity index (χ2n) is 3.93. The first-order chi connectivity index (χ1) is 7.24. The van der Waals surface area contributed by atoms with Crippen molar-refractivity contribution < 1.29 is 9.47 Å². The summed E-state index contributed by atoms with van der Waals surface area (Å²) in [7, 11) is 3.49. The van der Waals surface area contributed by atoms with Crippen LogP contribution in [0.2, 0.25) is 0 Å². The van der Waals surface area contributed by atoms with Crippen molar-refractivity contribution in [2.75, 3.05) is 52.8 Å². The molecule has 0 aliphatic heterocycles. The quantitative estimate of drug-likeness (QED) is 0.458. The largest absolute Gasteiger partial charge is 0.385 e. The van der Waals surface area contributed by atoms with Gasteiger partial charge < -0.3 is 14.4 Å². The standard InChI is InChI=1S/C11H25NO2S/c1-11(10-15)9-12(6-8-14-3)5-4-7-13-2/h11,15H,4-10H2,1-3H3. The van der Waals surface area contributed by atoms with Gasteiger partial charge in [-0.25, -0.2) is 0 Å². The highest BCUT2D eigenvalue weighted by molar-refractivity contribution is 7.80. The van der Waals surface area contributed by atoms with Gasteiger partial charge in [0.1, 0.15) is 0 Å². The van der Waals surface area contributed by atoms with Crippen molar-refractivity contribution in [2.45, 2.75) is 13.3 Å². The van der Waals surface area contributed by atoms with Crippen LogP contribution >= 0.6 is 12.6 Å². The number of rotatable bonds is 10. The first-order valence-corrected chi connectivity index (χ1v) is 6.19. The van der Waals surface area contributed by atoms with Crippen LogP contribution in [0.25, 0.3) is 0 Å². The second kappa shape index (κ2) is 10.7. The molecule has 0 aromatic rings. The van der Waals surface area contributed by atoms with Crippen LogP contribution in [-0.4, -0.2) is 57.7 Å². The van der Waals surface area contributed by atoms with Crippen LogP contribution < -0.4 is 0 Å². The normalized spacial score (nSPS) is 13.4. The third-order valence-corrected chi connectivity index (χ3v) is 2.94. The van der Waals surface area contributed by atoms with Gasteiger partial charge in [0.2, 0.25) is 0 Å². The van der Waals surface area contributed by atoms with E-state index >= 15 is 0 Å². The van der Waals surface area contributed by atoms with E-state index in [2.05, 4.69) is 24.5 Å². The lowest BCUT2D eigenvalue weighted by molar-refractivity contribution is 0.126. The van der Waals surface area contributed by atoms with Gasteiger partial charge in [-0.15, -0.1) is 0 Å². The molecule has 1 atom stereocenters. The highest BCUT2D eigenvalue weighted by atomic mass is 32.1. The topological polar surface area (TPSA) is 21.7 Å². The fraction of sp³-hybridized carbons (Fsp3) is 1.00. The van der Waals surface area contributed by atoms with Crippen LogP contribution in [0.3, 0.4) is 0 Å². The predicted molar refractivity (Wildman–Crippen MR) is 67.8 cm³/mol. The van der Waals surface area contributed by atoms with E-state index in [0.29, 0.717) is 5.92 Å². The van der Waals surface area contributed by atoms with Crippen LogP contribution in [0.4, 0.5) is 0 Å². The average Bonchev–Trinajstić information content (AvgIpc) is 2.25. The van der Waals surface area contributed by atoms with Gasteiger partial charge in [0.25, 0.3) is 0 Å². The summed E-state index contributed by atoms with van der Waals surface area (Å²) in [5.74, 6) is 1.57. The smallest absolute Gasteiger partial charge is 0.0589 e. The minimum atomic E-state index is 0.632. The lowest BCUT2D eigenvalue weighted by atomic mass is 10.2. The van der Waals surface area contributed by atoms with Crippen LogP contribution in [0, 0.1) is 5.92 Å². The Morgan fingerprint density at radius 1 is 1.13 bits per heavy atom. The van der Waals surface area contributed by atoms with E-state index in [1.54, 1.807) is 14.2 Å². The van der Waals surface area contributed by atoms with Crippen LogP contribution in [0.15, 0.2) is 0 Å². The van der Waals surface area contributed by atoms with E-state index in [1.807, 2.05) is 0 Å². The zero-order chi connectivity index (χ0) is 11.5. The summed E-state index contributed by atoms with van der Waals surface area (Å²) in [5, 5.41) is 0. The lowest BCUT2D eigenvalue weighted by Gasteiger charge is -2.24. The number of nitrogens with zero attached hydrogens (tertiary/aromatic N) is 1. The number of thiol groups is 1. The summed E-state index contributed by atoms with van der Waals surface area (Å²) < 4.78 is 10.2. The second-order valence-corrected chi connectivity index (χ2v) is 4.29. The van der Waals surface area contributed by atoms with Crippen LogP contribution in [-0.2, 0) is 9.47 Å². The SMILES string of the molecule is COCCCN(CCOC)CC(C)CS. The van der Waals surface area contributed by atoms with E-state index in [9.17, 15) is 0 Å².